The van der Waals surface area contributed by atoms with Gasteiger partial charge in [0.2, 0.25) is 0 Å². The molecular formula is C14H14ClNO2. The molecule has 2 aromatic rings. The van der Waals surface area contributed by atoms with Crippen LogP contribution in [0.4, 0.5) is 5.69 Å². The number of rotatable bonds is 4. The van der Waals surface area contributed by atoms with E-state index >= 15 is 0 Å². The zero-order valence-electron chi connectivity index (χ0n) is 10.0. The van der Waals surface area contributed by atoms with E-state index in [9.17, 15) is 0 Å². The van der Waals surface area contributed by atoms with Gasteiger partial charge in [0.1, 0.15) is 5.75 Å². The summed E-state index contributed by atoms with van der Waals surface area (Å²) in [6.07, 6.45) is 0. The summed E-state index contributed by atoms with van der Waals surface area (Å²) < 4.78 is 11.1. The molecule has 0 saturated heterocycles. The summed E-state index contributed by atoms with van der Waals surface area (Å²) in [6.45, 7) is 0. The first kappa shape index (κ1) is 12.6. The fourth-order valence-electron chi connectivity index (χ4n) is 1.60. The summed E-state index contributed by atoms with van der Waals surface area (Å²) in [5.74, 6) is 2.35. The van der Waals surface area contributed by atoms with Crippen LogP contribution >= 0.6 is 11.6 Å². The normalized spacial score (nSPS) is 10.1. The van der Waals surface area contributed by atoms with E-state index in [1.165, 1.54) is 0 Å². The third-order valence-electron chi connectivity index (χ3n) is 2.52. The first-order valence-corrected chi connectivity index (χ1v) is 6.03. The molecule has 2 N–H and O–H groups in total. The summed E-state index contributed by atoms with van der Waals surface area (Å²) in [5.41, 5.74) is 7.21. The molecule has 0 radical (unpaired) electrons. The highest BCUT2D eigenvalue weighted by Crippen LogP contribution is 2.35. The molecule has 0 aliphatic carbocycles. The van der Waals surface area contributed by atoms with E-state index in [1.807, 2.05) is 18.2 Å². The Morgan fingerprint density at radius 1 is 1.11 bits per heavy atom. The zero-order chi connectivity index (χ0) is 13.0. The number of hydrogen-bond donors (Lipinski definition) is 1. The summed E-state index contributed by atoms with van der Waals surface area (Å²) in [5, 5.41) is 0. The van der Waals surface area contributed by atoms with Crippen molar-refractivity contribution in [3.8, 4) is 17.2 Å². The Labute approximate surface area is 111 Å². The molecule has 0 aromatic heterocycles. The number of alkyl halides is 1. The standard InChI is InChI=1S/C14H14ClNO2/c1-17-13-4-2-3-10(9-15)14(13)18-12-7-5-11(16)6-8-12/h2-8H,9,16H2,1H3. The maximum Gasteiger partial charge on any atom is 0.173 e. The predicted octanol–water partition coefficient (Wildman–Crippen LogP) is 3.81. The van der Waals surface area contributed by atoms with E-state index in [-0.39, 0.29) is 0 Å². The molecule has 0 bridgehead atoms. The van der Waals surface area contributed by atoms with Crippen molar-refractivity contribution in [1.29, 1.82) is 0 Å². The Bertz CT molecular complexity index is 504. The quantitative estimate of drug-likeness (QED) is 0.674. The van der Waals surface area contributed by atoms with Gasteiger partial charge < -0.3 is 15.2 Å². The van der Waals surface area contributed by atoms with E-state index in [1.54, 1.807) is 31.4 Å². The summed E-state index contributed by atoms with van der Waals surface area (Å²) in [6, 6.07) is 12.8. The minimum atomic E-state index is 0.363. The molecule has 18 heavy (non-hydrogen) atoms. The maximum absolute atomic E-state index is 5.90. The zero-order valence-corrected chi connectivity index (χ0v) is 10.8. The first-order valence-electron chi connectivity index (χ1n) is 5.50. The van der Waals surface area contributed by atoms with Crippen molar-refractivity contribution in [3.63, 3.8) is 0 Å². The topological polar surface area (TPSA) is 44.5 Å². The number of ether oxygens (including phenoxy) is 2. The van der Waals surface area contributed by atoms with Gasteiger partial charge in [0.05, 0.1) is 13.0 Å². The number of anilines is 1. The lowest BCUT2D eigenvalue weighted by Gasteiger charge is -2.13. The van der Waals surface area contributed by atoms with Crippen LogP contribution in [0.3, 0.4) is 0 Å². The van der Waals surface area contributed by atoms with Crippen molar-refractivity contribution in [3.05, 3.63) is 48.0 Å². The smallest absolute Gasteiger partial charge is 0.173 e. The average Bonchev–Trinajstić information content (AvgIpc) is 2.41. The maximum atomic E-state index is 5.90. The number of halogens is 1. The van der Waals surface area contributed by atoms with Gasteiger partial charge in [0.15, 0.2) is 11.5 Å². The van der Waals surface area contributed by atoms with Crippen molar-refractivity contribution in [2.24, 2.45) is 0 Å². The van der Waals surface area contributed by atoms with Crippen molar-refractivity contribution in [1.82, 2.24) is 0 Å². The van der Waals surface area contributed by atoms with Gasteiger partial charge in [-0.2, -0.15) is 0 Å². The Hall–Kier alpha value is -1.87. The molecule has 2 aromatic carbocycles. The molecule has 94 valence electrons. The fourth-order valence-corrected chi connectivity index (χ4v) is 1.81. The van der Waals surface area contributed by atoms with Crippen LogP contribution in [0.2, 0.25) is 0 Å². The van der Waals surface area contributed by atoms with Crippen molar-refractivity contribution < 1.29 is 9.47 Å². The molecule has 0 amide bonds. The Kier molecular flexibility index (Phi) is 3.95. The molecule has 0 saturated carbocycles. The number of nitrogen functional groups attached to an aromatic ring is 1. The summed E-state index contributed by atoms with van der Waals surface area (Å²) in [4.78, 5) is 0. The largest absolute Gasteiger partial charge is 0.493 e. The van der Waals surface area contributed by atoms with E-state index in [0.29, 0.717) is 28.8 Å². The van der Waals surface area contributed by atoms with Crippen LogP contribution in [0.1, 0.15) is 5.56 Å². The van der Waals surface area contributed by atoms with Crippen LogP contribution in [-0.2, 0) is 5.88 Å². The lowest BCUT2D eigenvalue weighted by molar-refractivity contribution is 0.377. The minimum absolute atomic E-state index is 0.363. The van der Waals surface area contributed by atoms with Gasteiger partial charge in [-0.3, -0.25) is 0 Å². The van der Waals surface area contributed by atoms with Crippen LogP contribution in [0.5, 0.6) is 17.2 Å². The highest BCUT2D eigenvalue weighted by Gasteiger charge is 2.10. The molecular weight excluding hydrogens is 250 g/mol. The number of methoxy groups -OCH3 is 1. The fraction of sp³-hybridized carbons (Fsp3) is 0.143. The van der Waals surface area contributed by atoms with Crippen LogP contribution in [0.15, 0.2) is 42.5 Å². The second-order valence-corrected chi connectivity index (χ2v) is 4.02. The van der Waals surface area contributed by atoms with E-state index < -0.39 is 0 Å². The van der Waals surface area contributed by atoms with Gasteiger partial charge in [0.25, 0.3) is 0 Å². The van der Waals surface area contributed by atoms with E-state index in [4.69, 9.17) is 26.8 Å². The molecule has 0 fully saturated rings. The van der Waals surface area contributed by atoms with E-state index in [0.717, 1.165) is 5.56 Å². The van der Waals surface area contributed by atoms with Crippen LogP contribution in [0, 0.1) is 0 Å². The molecule has 0 atom stereocenters. The molecule has 0 aliphatic rings. The molecule has 0 unspecified atom stereocenters. The highest BCUT2D eigenvalue weighted by atomic mass is 35.5. The first-order chi connectivity index (χ1) is 8.74. The Morgan fingerprint density at radius 3 is 2.44 bits per heavy atom. The highest BCUT2D eigenvalue weighted by molar-refractivity contribution is 6.17. The van der Waals surface area contributed by atoms with Gasteiger partial charge in [-0.15, -0.1) is 11.6 Å². The second kappa shape index (κ2) is 5.65. The molecule has 0 aliphatic heterocycles. The third kappa shape index (κ3) is 2.68. The Balaban J connectivity index is 2.35. The number of benzene rings is 2. The van der Waals surface area contributed by atoms with Gasteiger partial charge in [-0.05, 0) is 30.3 Å². The van der Waals surface area contributed by atoms with E-state index in [2.05, 4.69) is 0 Å². The van der Waals surface area contributed by atoms with Gasteiger partial charge in [-0.25, -0.2) is 0 Å². The number of hydrogen-bond acceptors (Lipinski definition) is 3. The SMILES string of the molecule is COc1cccc(CCl)c1Oc1ccc(N)cc1. The molecule has 3 nitrogen and oxygen atoms in total. The monoisotopic (exact) mass is 263 g/mol. The number of nitrogens with two attached hydrogens (primary N) is 1. The lowest BCUT2D eigenvalue weighted by atomic mass is 10.2. The van der Waals surface area contributed by atoms with Gasteiger partial charge >= 0.3 is 0 Å². The molecule has 2 rings (SSSR count). The van der Waals surface area contributed by atoms with Crippen LogP contribution < -0.4 is 15.2 Å². The van der Waals surface area contributed by atoms with Crippen molar-refractivity contribution in [2.75, 3.05) is 12.8 Å². The summed E-state index contributed by atoms with van der Waals surface area (Å²) in [7, 11) is 1.60. The van der Waals surface area contributed by atoms with Gasteiger partial charge in [0, 0.05) is 11.3 Å². The number of para-hydroxylation sites is 1. The van der Waals surface area contributed by atoms with Crippen molar-refractivity contribution >= 4 is 17.3 Å². The molecule has 0 heterocycles. The van der Waals surface area contributed by atoms with Crippen LogP contribution in [0.25, 0.3) is 0 Å². The van der Waals surface area contributed by atoms with Crippen molar-refractivity contribution in [2.45, 2.75) is 5.88 Å². The van der Waals surface area contributed by atoms with Crippen LogP contribution in [-0.4, -0.2) is 7.11 Å². The minimum Gasteiger partial charge on any atom is -0.493 e. The second-order valence-electron chi connectivity index (χ2n) is 3.75. The summed E-state index contributed by atoms with van der Waals surface area (Å²) >= 11 is 5.90. The van der Waals surface area contributed by atoms with Gasteiger partial charge in [-0.1, -0.05) is 12.1 Å². The Morgan fingerprint density at radius 2 is 1.83 bits per heavy atom. The third-order valence-corrected chi connectivity index (χ3v) is 2.81. The predicted molar refractivity (Wildman–Crippen MR) is 73.5 cm³/mol. The molecule has 0 spiro atoms. The lowest BCUT2D eigenvalue weighted by Crippen LogP contribution is -1.94. The average molecular weight is 264 g/mol. The molecule has 4 heteroatoms.